The number of alkyl halides is 5. The molecule has 28 nitrogen and oxygen atoms in total. The quantitative estimate of drug-likeness (QED) is 0.0192. The van der Waals surface area contributed by atoms with Crippen molar-refractivity contribution in [1.82, 2.24) is 15.6 Å². The minimum Gasteiger partial charge on any atom is -0.508 e. The Morgan fingerprint density at radius 2 is 0.854 bits per heavy atom. The van der Waals surface area contributed by atoms with Gasteiger partial charge in [0.15, 0.2) is 57.5 Å². The lowest BCUT2D eigenvalue weighted by molar-refractivity contribution is -0.130. The van der Waals surface area contributed by atoms with Crippen LogP contribution >= 0.6 is 58.0 Å². The fraction of sp³-hybridized carbons (Fsp3) is 0.279. The molecule has 3 N–H and O–H groups in total. The van der Waals surface area contributed by atoms with Crippen LogP contribution in [0.5, 0.6) is 80.5 Å². The van der Waals surface area contributed by atoms with E-state index in [1.807, 2.05) is 140 Å². The summed E-state index contributed by atoms with van der Waals surface area (Å²) in [5.41, 5.74) is 10.7. The number of hydrogen-bond donors (Lipinski definition) is 3. The Balaban J connectivity index is 0.000000159. The average molecular weight is 1970 g/mol. The van der Waals surface area contributed by atoms with Gasteiger partial charge in [0.05, 0.1) is 58.8 Å². The number of nitrogens with zero attached hydrogens (tertiary/aromatic N) is 6. The van der Waals surface area contributed by atoms with E-state index in [-0.39, 0.29) is 104 Å². The number of aromatic hydroxyl groups is 1. The van der Waals surface area contributed by atoms with Crippen LogP contribution in [0.4, 0.5) is 22.7 Å². The molecule has 6 aliphatic rings. The first-order valence-corrected chi connectivity index (χ1v) is 46.5. The summed E-state index contributed by atoms with van der Waals surface area (Å²) in [6, 6.07) is 65.4. The van der Waals surface area contributed by atoms with Crippen molar-refractivity contribution >= 4 is 122 Å². The first-order valence-electron chi connectivity index (χ1n) is 43.8. The van der Waals surface area contributed by atoms with Crippen LogP contribution in [0.25, 0.3) is 0 Å². The lowest BCUT2D eigenvalue weighted by Crippen LogP contribution is -2.51. The second-order valence-corrected chi connectivity index (χ2v) is 32.3. The number of phenolic OH excluding ortho intramolecular Hbond substituents is 1. The number of anilines is 4. The number of halogens is 5. The largest absolute Gasteiger partial charge is 0.508 e. The van der Waals surface area contributed by atoms with Gasteiger partial charge in [-0.05, 0) is 117 Å². The third-order valence-corrected chi connectivity index (χ3v) is 22.7. The van der Waals surface area contributed by atoms with Crippen molar-refractivity contribution in [1.29, 1.82) is 0 Å². The average Bonchev–Trinajstić information content (AvgIpc) is 1.64. The molecule has 10 aromatic rings. The molecular formula is C104H109Cl5N8O20. The van der Waals surface area contributed by atoms with Crippen molar-refractivity contribution in [3.05, 3.63) is 302 Å². The van der Waals surface area contributed by atoms with Gasteiger partial charge in [-0.1, -0.05) is 160 Å². The molecule has 33 heteroatoms. The van der Waals surface area contributed by atoms with Crippen LogP contribution in [-0.2, 0) is 54.9 Å². The maximum atomic E-state index is 12.5. The van der Waals surface area contributed by atoms with E-state index in [4.69, 9.17) is 120 Å². The number of benzene rings is 10. The summed E-state index contributed by atoms with van der Waals surface area (Å²) < 4.78 is 71.3. The molecule has 1 atom stereocenters. The van der Waals surface area contributed by atoms with Gasteiger partial charge in [-0.2, -0.15) is 5.10 Å². The van der Waals surface area contributed by atoms with E-state index < -0.39 is 0 Å². The van der Waals surface area contributed by atoms with Crippen molar-refractivity contribution in [2.75, 3.05) is 117 Å². The fourth-order valence-electron chi connectivity index (χ4n) is 14.7. The number of amides is 6. The molecule has 1 aliphatic carbocycles. The molecule has 0 radical (unpaired) electrons. The zero-order chi connectivity index (χ0) is 97.7. The zero-order valence-corrected chi connectivity index (χ0v) is 80.4. The summed E-state index contributed by atoms with van der Waals surface area (Å²) >= 11 is 29.0. The Morgan fingerprint density at radius 1 is 0.467 bits per heavy atom. The number of rotatable bonds is 34. The van der Waals surface area contributed by atoms with Crippen molar-refractivity contribution in [3.63, 3.8) is 0 Å². The maximum Gasteiger partial charge on any atom is 0.258 e. The van der Waals surface area contributed by atoms with Crippen LogP contribution in [0.3, 0.4) is 0 Å². The maximum absolute atomic E-state index is 12.5. The van der Waals surface area contributed by atoms with E-state index in [9.17, 15) is 33.9 Å². The fourth-order valence-corrected chi connectivity index (χ4v) is 15.4. The molecule has 5 aliphatic heterocycles. The SMILES string of the molecule is C=CC(=C)NC1CC(NC(C)=O)C1.C=CCOc1ccccc1CN(C(=O)CCl)c1ccc2c(c1)OCCO2.C=CCOc1ccccc1CN(C(=O)CCl)c1ccc2c(c1)OCO2.CCCOc1ccccc1CN(C(=O)CCl)c1ccc2c(c1)OCO2.COc1cccc(C2CC(c3ccc(C)cc3)=NN2C(=O)CCl)c1OC.O=C(CCl)N(Cc1ccccc1O)c1ccc2c(c1)OCO2. The molecule has 10 aromatic carbocycles. The number of ether oxygens (including phenoxy) is 13. The molecule has 137 heavy (non-hydrogen) atoms. The summed E-state index contributed by atoms with van der Waals surface area (Å²) in [6.07, 6.45) is 8.51. The second-order valence-electron chi connectivity index (χ2n) is 30.9. The van der Waals surface area contributed by atoms with Crippen LogP contribution in [0.2, 0.25) is 0 Å². The number of methoxy groups -OCH3 is 2. The van der Waals surface area contributed by atoms with E-state index in [1.165, 1.54) is 15.5 Å². The Morgan fingerprint density at radius 3 is 1.26 bits per heavy atom. The minimum absolute atomic E-state index is 0.0472. The van der Waals surface area contributed by atoms with Gasteiger partial charge in [-0.15, -0.1) is 58.0 Å². The predicted molar refractivity (Wildman–Crippen MR) is 533 cm³/mol. The molecule has 1 unspecified atom stereocenters. The van der Waals surface area contributed by atoms with E-state index in [1.54, 1.807) is 133 Å². The van der Waals surface area contributed by atoms with Gasteiger partial charge in [0, 0.05) is 106 Å². The van der Waals surface area contributed by atoms with Crippen LogP contribution in [-0.4, -0.2) is 160 Å². The van der Waals surface area contributed by atoms with E-state index in [0.717, 1.165) is 64.2 Å². The van der Waals surface area contributed by atoms with Crippen LogP contribution in [0.1, 0.15) is 84.5 Å². The highest BCUT2D eigenvalue weighted by atomic mass is 35.5. The second kappa shape index (κ2) is 52.8. The first-order chi connectivity index (χ1) is 66.6. The normalized spacial score (nSPS) is 14.2. The number of phenols is 1. The highest BCUT2D eigenvalue weighted by Gasteiger charge is 2.36. The van der Waals surface area contributed by atoms with Crippen LogP contribution < -0.4 is 91.8 Å². The number of carbonyl (C=O) groups is 6. The Hall–Kier alpha value is -13.9. The summed E-state index contributed by atoms with van der Waals surface area (Å²) in [6.45, 7) is 24.5. The highest BCUT2D eigenvalue weighted by molar-refractivity contribution is 6.31. The number of nitrogens with one attached hydrogen (secondary N) is 2. The number of hydrazone groups is 1. The summed E-state index contributed by atoms with van der Waals surface area (Å²) in [5, 5.41) is 22.0. The molecule has 720 valence electrons. The molecule has 1 saturated carbocycles. The number of para-hydroxylation sites is 5. The Labute approximate surface area is 822 Å². The van der Waals surface area contributed by atoms with Crippen molar-refractivity contribution < 1.29 is 95.5 Å². The lowest BCUT2D eigenvalue weighted by atomic mass is 9.86. The van der Waals surface area contributed by atoms with E-state index in [0.29, 0.717) is 168 Å². The zero-order valence-electron chi connectivity index (χ0n) is 76.6. The van der Waals surface area contributed by atoms with Gasteiger partial charge >= 0.3 is 0 Å². The number of carbonyl (C=O) groups excluding carboxylic acids is 6. The molecular weight excluding hydrogens is 1860 g/mol. The summed E-state index contributed by atoms with van der Waals surface area (Å²) in [7, 11) is 3.18. The number of allylic oxidation sites excluding steroid dienone is 1. The molecule has 5 heterocycles. The monoisotopic (exact) mass is 1960 g/mol. The molecule has 16 rings (SSSR count). The Bertz CT molecular complexity index is 5870. The smallest absolute Gasteiger partial charge is 0.258 e. The molecule has 0 saturated heterocycles. The molecule has 0 spiro atoms. The number of aryl methyl sites for hydroxylation is 1. The van der Waals surface area contributed by atoms with Crippen molar-refractivity contribution in [3.8, 4) is 80.5 Å². The van der Waals surface area contributed by atoms with Gasteiger partial charge in [0.25, 0.3) is 5.91 Å². The Kier molecular flexibility index (Phi) is 39.9. The third-order valence-electron chi connectivity index (χ3n) is 21.5. The van der Waals surface area contributed by atoms with E-state index in [2.05, 4.69) is 49.0 Å². The summed E-state index contributed by atoms with van der Waals surface area (Å²) in [5.74, 6) is 6.95. The number of hydrogen-bond acceptors (Lipinski definition) is 22. The van der Waals surface area contributed by atoms with E-state index >= 15 is 0 Å². The van der Waals surface area contributed by atoms with Crippen molar-refractivity contribution in [2.24, 2.45) is 5.10 Å². The van der Waals surface area contributed by atoms with Crippen LogP contribution in [0.15, 0.2) is 268 Å². The molecule has 0 aromatic heterocycles. The van der Waals surface area contributed by atoms with Crippen molar-refractivity contribution in [2.45, 2.75) is 90.8 Å². The standard InChI is InChI=1S/C20H21ClN2O3.C20H20ClNO4.C19H20ClNO4.C19H18ClNO4.C16H14ClNO4.C10H16N2O/c1-13-7-9-14(10-8-13)16-11-17(23(22-16)19(24)12-21)15-5-4-6-18(25-2)20(15)26-3;1-2-9-24-17-6-4-3-5-15(17)14-22(20(23)13-21)16-7-8-18-19(12-16)26-11-10-25-18;2*1-2-9-23-16-6-4-3-5-14(16)12-21(19(22)11-20)15-7-8-17-18(10-15)25-13-24-17;17-8-16(20)18(9-11-3-1-2-4-13(11)19)12-5-6-14-15(7-12)22-10-21-14;1-4-7(2)11-9-5-10(6-9)12-8(3)13/h4-10,17H,11-12H2,1-3H3;2-8,12H,1,9-11,13-14H2;3-8,10H,2,9,11-13H2,1H3;2-8,10H,1,9,11-13H2;1-7,19H,8-10H2;4,9-11H,1-2,5-6H2,3H3,(H,12,13). The van der Waals surface area contributed by atoms with Gasteiger partial charge in [0.1, 0.15) is 78.8 Å². The summed E-state index contributed by atoms with van der Waals surface area (Å²) in [4.78, 5) is 78.9. The van der Waals surface area contributed by atoms with Crippen LogP contribution in [0, 0.1) is 6.92 Å². The molecule has 0 bridgehead atoms. The minimum atomic E-state index is -0.289. The van der Waals surface area contributed by atoms with Gasteiger partial charge in [0.2, 0.25) is 49.9 Å². The van der Waals surface area contributed by atoms with Gasteiger partial charge in [-0.3, -0.25) is 28.8 Å². The number of fused-ring (bicyclic) bond motifs is 4. The third kappa shape index (κ3) is 28.8. The molecule has 1 fully saturated rings. The molecule has 6 amide bonds. The van der Waals surface area contributed by atoms with Gasteiger partial charge < -0.3 is 96.9 Å². The topological polar surface area (TPSA) is 295 Å². The van der Waals surface area contributed by atoms with Gasteiger partial charge in [-0.25, -0.2) is 5.01 Å². The predicted octanol–water partition coefficient (Wildman–Crippen LogP) is 19.3. The lowest BCUT2D eigenvalue weighted by Gasteiger charge is -2.36. The highest BCUT2D eigenvalue weighted by Crippen LogP contribution is 2.45. The first kappa shape index (κ1) is 104.